The van der Waals surface area contributed by atoms with Crippen LogP contribution in [0.2, 0.25) is 0 Å². The summed E-state index contributed by atoms with van der Waals surface area (Å²) >= 11 is 1.68. The van der Waals surface area contributed by atoms with Gasteiger partial charge in [0.15, 0.2) is 0 Å². The van der Waals surface area contributed by atoms with E-state index in [0.29, 0.717) is 0 Å². The maximum absolute atomic E-state index is 9.23. The summed E-state index contributed by atoms with van der Waals surface area (Å²) in [6, 6.07) is 8.15. The molecule has 1 rings (SSSR count). The molecule has 0 radical (unpaired) electrons. The second kappa shape index (κ2) is 8.02. The zero-order chi connectivity index (χ0) is 13.4. The van der Waals surface area contributed by atoms with Gasteiger partial charge in [-0.05, 0) is 37.7 Å². The Hall–Kier alpha value is -1.18. The molecule has 1 unspecified atom stereocenters. The molecule has 4 heteroatoms. The van der Waals surface area contributed by atoms with Crippen molar-refractivity contribution in [1.82, 2.24) is 0 Å². The molecule has 0 aromatic heterocycles. The number of rotatable bonds is 7. The van der Waals surface area contributed by atoms with Gasteiger partial charge in [0.2, 0.25) is 0 Å². The molecular formula is C14H20N2OS. The fourth-order valence-corrected chi connectivity index (χ4v) is 2.48. The molecule has 0 heterocycles. The number of benzene rings is 1. The van der Waals surface area contributed by atoms with Gasteiger partial charge in [0.25, 0.3) is 0 Å². The van der Waals surface area contributed by atoms with E-state index in [-0.39, 0.29) is 6.10 Å². The molecule has 0 saturated heterocycles. The Kier molecular flexibility index (Phi) is 6.63. The van der Waals surface area contributed by atoms with Crippen molar-refractivity contribution in [2.24, 2.45) is 0 Å². The van der Waals surface area contributed by atoms with Crippen molar-refractivity contribution < 1.29 is 5.11 Å². The van der Waals surface area contributed by atoms with Crippen LogP contribution in [-0.4, -0.2) is 23.5 Å². The number of thioether (sulfide) groups is 1. The molecule has 1 atom stereocenters. The van der Waals surface area contributed by atoms with Crippen LogP contribution in [0.1, 0.15) is 32.3 Å². The summed E-state index contributed by atoms with van der Waals surface area (Å²) in [5.74, 6) is 0.958. The lowest BCUT2D eigenvalue weighted by molar-refractivity contribution is 0.183. The van der Waals surface area contributed by atoms with Gasteiger partial charge in [-0.15, -0.1) is 11.8 Å². The van der Waals surface area contributed by atoms with E-state index in [2.05, 4.69) is 18.3 Å². The SMILES string of the molecule is CCSc1cccc(NCCCC(C)O)c1C#N. The summed E-state index contributed by atoms with van der Waals surface area (Å²) in [5.41, 5.74) is 1.61. The highest BCUT2D eigenvalue weighted by Crippen LogP contribution is 2.27. The molecule has 0 bridgehead atoms. The Balaban J connectivity index is 2.65. The van der Waals surface area contributed by atoms with Gasteiger partial charge in [-0.1, -0.05) is 13.0 Å². The van der Waals surface area contributed by atoms with Crippen LogP contribution >= 0.6 is 11.8 Å². The summed E-state index contributed by atoms with van der Waals surface area (Å²) < 4.78 is 0. The Bertz CT molecular complexity index is 413. The van der Waals surface area contributed by atoms with Gasteiger partial charge in [0.1, 0.15) is 6.07 Å². The van der Waals surface area contributed by atoms with Crippen LogP contribution in [0.5, 0.6) is 0 Å². The van der Waals surface area contributed by atoms with Crippen molar-refractivity contribution in [3.8, 4) is 6.07 Å². The molecule has 98 valence electrons. The van der Waals surface area contributed by atoms with E-state index in [4.69, 9.17) is 0 Å². The van der Waals surface area contributed by atoms with Crippen LogP contribution in [0, 0.1) is 11.3 Å². The summed E-state index contributed by atoms with van der Waals surface area (Å²) in [6.45, 7) is 4.65. The molecule has 1 aromatic carbocycles. The Morgan fingerprint density at radius 2 is 2.28 bits per heavy atom. The smallest absolute Gasteiger partial charge is 0.102 e. The average molecular weight is 264 g/mol. The normalized spacial score (nSPS) is 11.9. The van der Waals surface area contributed by atoms with E-state index in [9.17, 15) is 10.4 Å². The number of nitrogens with zero attached hydrogens (tertiary/aromatic N) is 1. The van der Waals surface area contributed by atoms with Crippen molar-refractivity contribution in [3.05, 3.63) is 23.8 Å². The predicted octanol–water partition coefficient (Wildman–Crippen LogP) is 3.24. The highest BCUT2D eigenvalue weighted by atomic mass is 32.2. The number of aliphatic hydroxyl groups is 1. The van der Waals surface area contributed by atoms with E-state index in [1.165, 1.54) is 0 Å². The molecule has 3 nitrogen and oxygen atoms in total. The quantitative estimate of drug-likeness (QED) is 0.586. The first kappa shape index (κ1) is 14.9. The van der Waals surface area contributed by atoms with Crippen LogP contribution in [0.3, 0.4) is 0 Å². The van der Waals surface area contributed by atoms with Crippen molar-refractivity contribution >= 4 is 17.4 Å². The van der Waals surface area contributed by atoms with Gasteiger partial charge in [-0.25, -0.2) is 0 Å². The minimum Gasteiger partial charge on any atom is -0.393 e. The zero-order valence-corrected chi connectivity index (χ0v) is 11.8. The van der Waals surface area contributed by atoms with Crippen molar-refractivity contribution in [1.29, 1.82) is 5.26 Å². The van der Waals surface area contributed by atoms with Gasteiger partial charge in [0.05, 0.1) is 17.4 Å². The maximum Gasteiger partial charge on any atom is 0.102 e. The average Bonchev–Trinajstić information content (AvgIpc) is 2.35. The molecule has 0 saturated carbocycles. The topological polar surface area (TPSA) is 56.0 Å². The number of aliphatic hydroxyl groups excluding tert-OH is 1. The standard InChI is InChI=1S/C14H20N2OS/c1-3-18-14-8-4-7-13(12(14)10-15)16-9-5-6-11(2)17/h4,7-8,11,16-17H,3,5-6,9H2,1-2H3. The molecule has 0 aliphatic carbocycles. The van der Waals surface area contributed by atoms with Gasteiger partial charge in [0, 0.05) is 11.4 Å². The van der Waals surface area contributed by atoms with E-state index in [0.717, 1.165) is 41.3 Å². The second-order valence-corrected chi connectivity index (χ2v) is 5.45. The third-order valence-corrected chi connectivity index (χ3v) is 3.49. The molecule has 0 amide bonds. The van der Waals surface area contributed by atoms with E-state index < -0.39 is 0 Å². The number of nitrogens with one attached hydrogen (secondary N) is 1. The highest BCUT2D eigenvalue weighted by Gasteiger charge is 2.07. The van der Waals surface area contributed by atoms with E-state index >= 15 is 0 Å². The zero-order valence-electron chi connectivity index (χ0n) is 10.9. The highest BCUT2D eigenvalue weighted by molar-refractivity contribution is 7.99. The Morgan fingerprint density at radius 1 is 1.50 bits per heavy atom. The number of nitriles is 1. The first-order chi connectivity index (χ1) is 8.69. The van der Waals surface area contributed by atoms with Crippen LogP contribution in [0.15, 0.2) is 23.1 Å². The fourth-order valence-electron chi connectivity index (χ4n) is 1.69. The molecule has 0 spiro atoms. The van der Waals surface area contributed by atoms with Crippen LogP contribution in [0.4, 0.5) is 5.69 Å². The number of hydrogen-bond donors (Lipinski definition) is 2. The summed E-state index contributed by atoms with van der Waals surface area (Å²) in [5, 5.41) is 21.7. The molecule has 0 aliphatic heterocycles. The lowest BCUT2D eigenvalue weighted by Crippen LogP contribution is -2.07. The summed E-state index contributed by atoms with van der Waals surface area (Å²) in [6.07, 6.45) is 1.41. The molecule has 18 heavy (non-hydrogen) atoms. The van der Waals surface area contributed by atoms with E-state index in [1.54, 1.807) is 18.7 Å². The van der Waals surface area contributed by atoms with Crippen LogP contribution in [-0.2, 0) is 0 Å². The summed E-state index contributed by atoms with van der Waals surface area (Å²) in [7, 11) is 0. The van der Waals surface area contributed by atoms with Crippen molar-refractivity contribution in [2.45, 2.75) is 37.7 Å². The van der Waals surface area contributed by atoms with E-state index in [1.807, 2.05) is 18.2 Å². The van der Waals surface area contributed by atoms with Gasteiger partial charge in [-0.3, -0.25) is 0 Å². The van der Waals surface area contributed by atoms with Crippen molar-refractivity contribution in [2.75, 3.05) is 17.6 Å². The van der Waals surface area contributed by atoms with Gasteiger partial charge >= 0.3 is 0 Å². The summed E-state index contributed by atoms with van der Waals surface area (Å²) in [4.78, 5) is 1.03. The first-order valence-electron chi connectivity index (χ1n) is 6.26. The first-order valence-corrected chi connectivity index (χ1v) is 7.25. The third-order valence-electron chi connectivity index (χ3n) is 2.55. The molecule has 1 aromatic rings. The maximum atomic E-state index is 9.23. The third kappa shape index (κ3) is 4.59. The van der Waals surface area contributed by atoms with Gasteiger partial charge < -0.3 is 10.4 Å². The number of anilines is 1. The molecule has 0 aliphatic rings. The second-order valence-electron chi connectivity index (χ2n) is 4.14. The van der Waals surface area contributed by atoms with Gasteiger partial charge in [-0.2, -0.15) is 5.26 Å². The van der Waals surface area contributed by atoms with Crippen LogP contribution in [0.25, 0.3) is 0 Å². The minimum absolute atomic E-state index is 0.260. The fraction of sp³-hybridized carbons (Fsp3) is 0.500. The molecule has 2 N–H and O–H groups in total. The Morgan fingerprint density at radius 3 is 2.89 bits per heavy atom. The lowest BCUT2D eigenvalue weighted by atomic mass is 10.1. The minimum atomic E-state index is -0.260. The monoisotopic (exact) mass is 264 g/mol. The van der Waals surface area contributed by atoms with Crippen molar-refractivity contribution in [3.63, 3.8) is 0 Å². The lowest BCUT2D eigenvalue weighted by Gasteiger charge is -2.11. The molecule has 0 fully saturated rings. The largest absolute Gasteiger partial charge is 0.393 e. The predicted molar refractivity (Wildman–Crippen MR) is 77.0 cm³/mol. The molecular weight excluding hydrogens is 244 g/mol. The van der Waals surface area contributed by atoms with Crippen LogP contribution < -0.4 is 5.32 Å². The number of hydrogen-bond acceptors (Lipinski definition) is 4. The Labute approximate surface area is 113 Å².